The van der Waals surface area contributed by atoms with Crippen molar-refractivity contribution in [3.05, 3.63) is 10.5 Å². The monoisotopic (exact) mass is 348 g/mol. The SMILES string of the molecule is CCCCNc1nc(N)c2[nH]c(=O)n(CCCC3CCCCO3)c2n1. The molecule has 0 spiro atoms. The molecule has 4 N–H and O–H groups in total. The number of H-pyrrole nitrogens is 1. The van der Waals surface area contributed by atoms with Gasteiger partial charge in [0, 0.05) is 19.7 Å². The van der Waals surface area contributed by atoms with Crippen LogP contribution in [0.2, 0.25) is 0 Å². The van der Waals surface area contributed by atoms with Crippen LogP contribution >= 0.6 is 0 Å². The molecule has 2 aromatic rings. The Morgan fingerprint density at radius 2 is 2.24 bits per heavy atom. The van der Waals surface area contributed by atoms with Gasteiger partial charge in [-0.3, -0.25) is 4.57 Å². The minimum Gasteiger partial charge on any atom is -0.382 e. The van der Waals surface area contributed by atoms with Gasteiger partial charge in [0.05, 0.1) is 6.10 Å². The van der Waals surface area contributed by atoms with Gasteiger partial charge < -0.3 is 20.8 Å². The van der Waals surface area contributed by atoms with Crippen LogP contribution in [0.1, 0.15) is 51.9 Å². The summed E-state index contributed by atoms with van der Waals surface area (Å²) in [5.74, 6) is 0.775. The molecular weight excluding hydrogens is 320 g/mol. The molecule has 3 rings (SSSR count). The number of nitrogens with two attached hydrogens (primary N) is 1. The van der Waals surface area contributed by atoms with Gasteiger partial charge in [-0.2, -0.15) is 9.97 Å². The lowest BCUT2D eigenvalue weighted by molar-refractivity contribution is 0.00953. The van der Waals surface area contributed by atoms with Crippen LogP contribution < -0.4 is 16.7 Å². The average Bonchev–Trinajstić information content (AvgIpc) is 2.93. The second-order valence-corrected chi connectivity index (χ2v) is 6.62. The van der Waals surface area contributed by atoms with Gasteiger partial charge in [0.2, 0.25) is 5.95 Å². The summed E-state index contributed by atoms with van der Waals surface area (Å²) in [7, 11) is 0. The molecule has 1 unspecified atom stereocenters. The first-order chi connectivity index (χ1) is 12.2. The average molecular weight is 348 g/mol. The van der Waals surface area contributed by atoms with Crippen LogP contribution in [-0.4, -0.2) is 38.8 Å². The zero-order chi connectivity index (χ0) is 17.6. The Kier molecular flexibility index (Phi) is 5.91. The molecule has 1 fully saturated rings. The number of hydrogen-bond acceptors (Lipinski definition) is 6. The van der Waals surface area contributed by atoms with Crippen LogP contribution in [0.4, 0.5) is 11.8 Å². The number of anilines is 2. The van der Waals surface area contributed by atoms with Crippen molar-refractivity contribution in [1.29, 1.82) is 0 Å². The summed E-state index contributed by atoms with van der Waals surface area (Å²) in [5, 5.41) is 3.17. The summed E-state index contributed by atoms with van der Waals surface area (Å²) < 4.78 is 7.41. The molecule has 138 valence electrons. The highest BCUT2D eigenvalue weighted by Crippen LogP contribution is 2.19. The van der Waals surface area contributed by atoms with E-state index in [4.69, 9.17) is 10.5 Å². The normalized spacial score (nSPS) is 17.9. The van der Waals surface area contributed by atoms with Gasteiger partial charge >= 0.3 is 5.69 Å². The van der Waals surface area contributed by atoms with E-state index in [0.29, 0.717) is 35.6 Å². The quantitative estimate of drug-likeness (QED) is 0.631. The Morgan fingerprint density at radius 3 is 3.00 bits per heavy atom. The number of aryl methyl sites for hydroxylation is 1. The van der Waals surface area contributed by atoms with Crippen molar-refractivity contribution in [1.82, 2.24) is 19.5 Å². The lowest BCUT2D eigenvalue weighted by atomic mass is 10.0. The lowest BCUT2D eigenvalue weighted by Crippen LogP contribution is -2.21. The summed E-state index contributed by atoms with van der Waals surface area (Å²) in [6.07, 6.45) is 7.77. The smallest absolute Gasteiger partial charge is 0.327 e. The van der Waals surface area contributed by atoms with Crippen LogP contribution in [0.5, 0.6) is 0 Å². The molecular formula is C17H28N6O2. The molecule has 2 aromatic heterocycles. The van der Waals surface area contributed by atoms with Gasteiger partial charge in [-0.15, -0.1) is 0 Å². The van der Waals surface area contributed by atoms with Gasteiger partial charge in [-0.25, -0.2) is 4.79 Å². The van der Waals surface area contributed by atoms with E-state index < -0.39 is 0 Å². The maximum absolute atomic E-state index is 12.3. The molecule has 1 aliphatic rings. The number of ether oxygens (including phenoxy) is 1. The number of hydrogen-bond donors (Lipinski definition) is 3. The Balaban J connectivity index is 1.72. The van der Waals surface area contributed by atoms with E-state index in [1.54, 1.807) is 4.57 Å². The standard InChI is InChI=1S/C17H28N6O2/c1-2-3-9-19-16-21-14(18)13-15(22-16)23(17(24)20-13)10-6-8-12-7-4-5-11-25-12/h12H,2-11H2,1H3,(H,20,24)(H3,18,19,21,22). The van der Waals surface area contributed by atoms with Crippen LogP contribution in [0.3, 0.4) is 0 Å². The molecule has 0 saturated carbocycles. The molecule has 1 aliphatic heterocycles. The molecule has 1 atom stereocenters. The minimum atomic E-state index is -0.189. The molecule has 0 radical (unpaired) electrons. The van der Waals surface area contributed by atoms with E-state index in [1.807, 2.05) is 0 Å². The number of nitrogens with one attached hydrogen (secondary N) is 2. The van der Waals surface area contributed by atoms with Crippen LogP contribution in [0, 0.1) is 0 Å². The van der Waals surface area contributed by atoms with Crippen LogP contribution in [0.15, 0.2) is 4.79 Å². The fourth-order valence-electron chi connectivity index (χ4n) is 3.23. The molecule has 3 heterocycles. The van der Waals surface area contributed by atoms with Crippen molar-refractivity contribution >= 4 is 22.9 Å². The Morgan fingerprint density at radius 1 is 1.36 bits per heavy atom. The number of aromatic amines is 1. The van der Waals surface area contributed by atoms with Crippen LogP contribution in [-0.2, 0) is 11.3 Å². The number of nitrogens with zero attached hydrogens (tertiary/aromatic N) is 3. The van der Waals surface area contributed by atoms with Gasteiger partial charge in [-0.05, 0) is 38.5 Å². The van der Waals surface area contributed by atoms with Gasteiger partial charge in [-0.1, -0.05) is 13.3 Å². The first-order valence-corrected chi connectivity index (χ1v) is 9.30. The minimum absolute atomic E-state index is 0.189. The second-order valence-electron chi connectivity index (χ2n) is 6.62. The first kappa shape index (κ1) is 17.7. The largest absolute Gasteiger partial charge is 0.382 e. The highest BCUT2D eigenvalue weighted by atomic mass is 16.5. The summed E-state index contributed by atoms with van der Waals surface area (Å²) >= 11 is 0. The maximum Gasteiger partial charge on any atom is 0.327 e. The van der Waals surface area contributed by atoms with E-state index >= 15 is 0 Å². The van der Waals surface area contributed by atoms with Gasteiger partial charge in [0.15, 0.2) is 11.5 Å². The Bertz CT molecular complexity index is 747. The van der Waals surface area contributed by atoms with E-state index in [1.165, 1.54) is 6.42 Å². The van der Waals surface area contributed by atoms with E-state index in [-0.39, 0.29) is 5.69 Å². The molecule has 0 aliphatic carbocycles. The Labute approximate surface area is 147 Å². The van der Waals surface area contributed by atoms with Crippen molar-refractivity contribution in [2.24, 2.45) is 0 Å². The number of fused-ring (bicyclic) bond motifs is 1. The van der Waals surface area contributed by atoms with Crippen molar-refractivity contribution < 1.29 is 4.74 Å². The highest BCUT2D eigenvalue weighted by molar-refractivity contribution is 5.82. The second kappa shape index (κ2) is 8.33. The molecule has 0 aromatic carbocycles. The molecule has 0 bridgehead atoms. The summed E-state index contributed by atoms with van der Waals surface area (Å²) in [6, 6.07) is 0. The number of nitrogen functional groups attached to an aromatic ring is 1. The highest BCUT2D eigenvalue weighted by Gasteiger charge is 2.16. The van der Waals surface area contributed by atoms with E-state index in [9.17, 15) is 4.79 Å². The fraction of sp³-hybridized carbons (Fsp3) is 0.706. The topological polar surface area (TPSA) is 111 Å². The maximum atomic E-state index is 12.3. The molecule has 0 amide bonds. The van der Waals surface area contributed by atoms with Crippen molar-refractivity contribution in [2.75, 3.05) is 24.2 Å². The van der Waals surface area contributed by atoms with Crippen molar-refractivity contribution in [2.45, 2.75) is 64.5 Å². The lowest BCUT2D eigenvalue weighted by Gasteiger charge is -2.22. The fourth-order valence-corrected chi connectivity index (χ4v) is 3.23. The summed E-state index contributed by atoms with van der Waals surface area (Å²) in [6.45, 7) is 4.37. The van der Waals surface area contributed by atoms with Gasteiger partial charge in [0.1, 0.15) is 5.52 Å². The predicted octanol–water partition coefficient (Wildman–Crippen LogP) is 2.26. The predicted molar refractivity (Wildman–Crippen MR) is 98.8 cm³/mol. The van der Waals surface area contributed by atoms with E-state index in [0.717, 1.165) is 51.7 Å². The third-order valence-corrected chi connectivity index (χ3v) is 4.65. The van der Waals surface area contributed by atoms with Crippen LogP contribution in [0.25, 0.3) is 11.2 Å². The first-order valence-electron chi connectivity index (χ1n) is 9.30. The zero-order valence-electron chi connectivity index (χ0n) is 14.9. The summed E-state index contributed by atoms with van der Waals surface area (Å²) in [5.41, 5.74) is 6.89. The number of rotatable bonds is 8. The molecule has 8 heteroatoms. The third kappa shape index (κ3) is 4.31. The Hall–Kier alpha value is -2.09. The molecule has 25 heavy (non-hydrogen) atoms. The van der Waals surface area contributed by atoms with Crippen molar-refractivity contribution in [3.63, 3.8) is 0 Å². The number of aromatic nitrogens is 4. The van der Waals surface area contributed by atoms with Gasteiger partial charge in [0.25, 0.3) is 0 Å². The van der Waals surface area contributed by atoms with E-state index in [2.05, 4.69) is 27.2 Å². The number of imidazole rings is 1. The number of unbranched alkanes of at least 4 members (excludes halogenated alkanes) is 1. The molecule has 8 nitrogen and oxygen atoms in total. The van der Waals surface area contributed by atoms with Crippen molar-refractivity contribution in [3.8, 4) is 0 Å². The molecule has 1 saturated heterocycles. The zero-order valence-corrected chi connectivity index (χ0v) is 14.9. The third-order valence-electron chi connectivity index (χ3n) is 4.65. The summed E-state index contributed by atoms with van der Waals surface area (Å²) in [4.78, 5) is 23.8.